The van der Waals surface area contributed by atoms with Gasteiger partial charge in [0.2, 0.25) is 5.91 Å². The summed E-state index contributed by atoms with van der Waals surface area (Å²) in [6, 6.07) is 5.02. The third-order valence-electron chi connectivity index (χ3n) is 3.72. The molecule has 1 unspecified atom stereocenters. The Bertz CT molecular complexity index is 548. The van der Waals surface area contributed by atoms with Crippen LogP contribution in [0.25, 0.3) is 0 Å². The Kier molecular flexibility index (Phi) is 4.77. The molecule has 1 saturated heterocycles. The van der Waals surface area contributed by atoms with Crippen molar-refractivity contribution in [3.8, 4) is 0 Å². The largest absolute Gasteiger partial charge is 0.416 e. The van der Waals surface area contributed by atoms with Crippen molar-refractivity contribution >= 4 is 5.91 Å². The lowest BCUT2D eigenvalue weighted by molar-refractivity contribution is -0.162. The van der Waals surface area contributed by atoms with E-state index in [0.29, 0.717) is 25.1 Å². The van der Waals surface area contributed by atoms with Gasteiger partial charge in [-0.1, -0.05) is 12.1 Å². The van der Waals surface area contributed by atoms with Crippen molar-refractivity contribution in [1.29, 1.82) is 0 Å². The van der Waals surface area contributed by atoms with Gasteiger partial charge >= 0.3 is 6.18 Å². The number of amides is 1. The van der Waals surface area contributed by atoms with Crippen molar-refractivity contribution in [1.82, 2.24) is 4.90 Å². The van der Waals surface area contributed by atoms with Gasteiger partial charge in [0, 0.05) is 13.1 Å². The zero-order valence-corrected chi connectivity index (χ0v) is 12.3. The molecule has 0 spiro atoms. The van der Waals surface area contributed by atoms with Crippen molar-refractivity contribution in [2.45, 2.75) is 31.7 Å². The Hall–Kier alpha value is -1.60. The van der Waals surface area contributed by atoms with Gasteiger partial charge in [-0.05, 0) is 37.6 Å². The number of hydrogen-bond donors (Lipinski definition) is 1. The molecule has 1 amide bonds. The quantitative estimate of drug-likeness (QED) is 0.926. The van der Waals surface area contributed by atoms with Gasteiger partial charge < -0.3 is 15.4 Å². The number of nitrogens with zero attached hydrogens (tertiary/aromatic N) is 1. The van der Waals surface area contributed by atoms with Crippen molar-refractivity contribution in [3.63, 3.8) is 0 Å². The second-order valence-corrected chi connectivity index (χ2v) is 5.73. The Labute approximate surface area is 127 Å². The van der Waals surface area contributed by atoms with Crippen LogP contribution < -0.4 is 5.73 Å². The Morgan fingerprint density at radius 3 is 2.77 bits per heavy atom. The van der Waals surface area contributed by atoms with Crippen LogP contribution in [0.15, 0.2) is 24.3 Å². The first-order valence-corrected chi connectivity index (χ1v) is 7.01. The monoisotopic (exact) mass is 316 g/mol. The number of benzene rings is 1. The summed E-state index contributed by atoms with van der Waals surface area (Å²) in [7, 11) is 0. The molecule has 1 atom stereocenters. The number of ether oxygens (including phenoxy) is 1. The van der Waals surface area contributed by atoms with E-state index in [1.807, 2.05) is 6.92 Å². The second kappa shape index (κ2) is 6.26. The van der Waals surface area contributed by atoms with E-state index in [2.05, 4.69) is 0 Å². The van der Waals surface area contributed by atoms with E-state index in [1.165, 1.54) is 11.0 Å². The second-order valence-electron chi connectivity index (χ2n) is 5.73. The molecule has 2 rings (SSSR count). The van der Waals surface area contributed by atoms with Crippen LogP contribution in [0, 0.1) is 0 Å². The summed E-state index contributed by atoms with van der Waals surface area (Å²) in [6.07, 6.45) is -3.81. The van der Waals surface area contributed by atoms with E-state index < -0.39 is 17.3 Å². The van der Waals surface area contributed by atoms with Crippen LogP contribution >= 0.6 is 0 Å². The molecular weight excluding hydrogens is 297 g/mol. The van der Waals surface area contributed by atoms with Gasteiger partial charge in [-0.2, -0.15) is 13.2 Å². The molecule has 4 nitrogen and oxygen atoms in total. The lowest BCUT2D eigenvalue weighted by Crippen LogP contribution is -2.53. The molecule has 1 aliphatic heterocycles. The summed E-state index contributed by atoms with van der Waals surface area (Å²) < 4.78 is 43.7. The number of carbonyl (C=O) groups excluding carboxylic acids is 1. The maximum Gasteiger partial charge on any atom is 0.416 e. The smallest absolute Gasteiger partial charge is 0.364 e. The van der Waals surface area contributed by atoms with Crippen LogP contribution in [0.1, 0.15) is 24.5 Å². The molecule has 1 fully saturated rings. The van der Waals surface area contributed by atoms with E-state index in [0.717, 1.165) is 12.1 Å². The van der Waals surface area contributed by atoms with E-state index >= 15 is 0 Å². The molecule has 1 aliphatic rings. The molecule has 0 saturated carbocycles. The first-order chi connectivity index (χ1) is 10.2. The minimum Gasteiger partial charge on any atom is -0.364 e. The zero-order valence-electron chi connectivity index (χ0n) is 12.3. The number of morpholine rings is 1. The Balaban J connectivity index is 2.13. The fourth-order valence-corrected chi connectivity index (χ4v) is 2.53. The van der Waals surface area contributed by atoms with E-state index in [4.69, 9.17) is 10.5 Å². The van der Waals surface area contributed by atoms with Crippen molar-refractivity contribution in [2.24, 2.45) is 5.73 Å². The molecule has 1 aromatic rings. The maximum absolute atomic E-state index is 12.7. The highest BCUT2D eigenvalue weighted by molar-refractivity contribution is 5.78. The normalized spacial score (nSPS) is 23.0. The molecule has 0 aromatic heterocycles. The van der Waals surface area contributed by atoms with E-state index in [-0.39, 0.29) is 19.1 Å². The fraction of sp³-hybridized carbons (Fsp3) is 0.533. The topological polar surface area (TPSA) is 55.6 Å². The van der Waals surface area contributed by atoms with Gasteiger partial charge in [0.15, 0.2) is 0 Å². The van der Waals surface area contributed by atoms with E-state index in [1.54, 1.807) is 6.07 Å². The van der Waals surface area contributed by atoms with Gasteiger partial charge in [-0.25, -0.2) is 0 Å². The summed E-state index contributed by atoms with van der Waals surface area (Å²) in [6.45, 7) is 2.65. The number of carbonyl (C=O) groups is 1. The summed E-state index contributed by atoms with van der Waals surface area (Å²) in [5, 5.41) is 0. The van der Waals surface area contributed by atoms with E-state index in [9.17, 15) is 18.0 Å². The summed E-state index contributed by atoms with van der Waals surface area (Å²) in [5.41, 5.74) is 4.72. The van der Waals surface area contributed by atoms with Crippen LogP contribution in [-0.2, 0) is 22.3 Å². The zero-order chi connectivity index (χ0) is 16.4. The Morgan fingerprint density at radius 1 is 1.41 bits per heavy atom. The van der Waals surface area contributed by atoms with Crippen LogP contribution in [0.3, 0.4) is 0 Å². The molecule has 0 aliphatic carbocycles. The average Bonchev–Trinajstić information content (AvgIpc) is 2.43. The molecule has 1 heterocycles. The highest BCUT2D eigenvalue weighted by Gasteiger charge is 2.35. The lowest BCUT2D eigenvalue weighted by Gasteiger charge is -2.40. The van der Waals surface area contributed by atoms with Gasteiger partial charge in [-0.3, -0.25) is 4.79 Å². The number of rotatable bonds is 4. The van der Waals surface area contributed by atoms with Crippen LogP contribution in [0.2, 0.25) is 0 Å². The summed E-state index contributed by atoms with van der Waals surface area (Å²) in [5.74, 6) is -0.230. The SMILES string of the molecule is CC1(CCN)CN(Cc2cccc(C(F)(F)F)c2)C(=O)CO1. The van der Waals surface area contributed by atoms with Crippen LogP contribution in [0.5, 0.6) is 0 Å². The number of alkyl halides is 3. The lowest BCUT2D eigenvalue weighted by atomic mass is 9.99. The van der Waals surface area contributed by atoms with Crippen molar-refractivity contribution in [3.05, 3.63) is 35.4 Å². The average molecular weight is 316 g/mol. The number of nitrogens with two attached hydrogens (primary N) is 1. The highest BCUT2D eigenvalue weighted by Crippen LogP contribution is 2.30. The first kappa shape index (κ1) is 16.8. The molecule has 1 aromatic carbocycles. The predicted octanol–water partition coefficient (Wildman–Crippen LogP) is 2.17. The molecule has 0 radical (unpaired) electrons. The van der Waals surface area contributed by atoms with Crippen LogP contribution in [0.4, 0.5) is 13.2 Å². The third kappa shape index (κ3) is 3.98. The maximum atomic E-state index is 12.7. The van der Waals surface area contributed by atoms with Gasteiger partial charge in [0.25, 0.3) is 0 Å². The fourth-order valence-electron chi connectivity index (χ4n) is 2.53. The number of halogens is 3. The van der Waals surface area contributed by atoms with Crippen LogP contribution in [-0.4, -0.2) is 36.1 Å². The van der Waals surface area contributed by atoms with Gasteiger partial charge in [0.1, 0.15) is 6.61 Å². The predicted molar refractivity (Wildman–Crippen MR) is 74.9 cm³/mol. The number of hydrogen-bond acceptors (Lipinski definition) is 3. The summed E-state index contributed by atoms with van der Waals surface area (Å²) >= 11 is 0. The molecule has 22 heavy (non-hydrogen) atoms. The highest BCUT2D eigenvalue weighted by atomic mass is 19.4. The molecular formula is C15H19F3N2O2. The molecule has 122 valence electrons. The molecule has 2 N–H and O–H groups in total. The minimum absolute atomic E-state index is 0.0739. The molecule has 7 heteroatoms. The Morgan fingerprint density at radius 2 is 2.14 bits per heavy atom. The standard InChI is InChI=1S/C15H19F3N2O2/c1-14(5-6-19)10-20(13(21)9-22-14)8-11-3-2-4-12(7-11)15(16,17)18/h2-4,7H,5-6,8-10,19H2,1H3. The third-order valence-corrected chi connectivity index (χ3v) is 3.72. The minimum atomic E-state index is -4.39. The molecule has 0 bridgehead atoms. The van der Waals surface area contributed by atoms with Gasteiger partial charge in [0.05, 0.1) is 11.2 Å². The first-order valence-electron chi connectivity index (χ1n) is 7.01. The van der Waals surface area contributed by atoms with Crippen molar-refractivity contribution < 1.29 is 22.7 Å². The van der Waals surface area contributed by atoms with Crippen molar-refractivity contribution in [2.75, 3.05) is 19.7 Å². The summed E-state index contributed by atoms with van der Waals surface area (Å²) in [4.78, 5) is 13.4. The van der Waals surface area contributed by atoms with Gasteiger partial charge in [-0.15, -0.1) is 0 Å².